The lowest BCUT2D eigenvalue weighted by molar-refractivity contribution is 0.0876. The highest BCUT2D eigenvalue weighted by Gasteiger charge is 2.13. The number of rotatable bonds is 2. The Bertz CT molecular complexity index is 295. The van der Waals surface area contributed by atoms with Gasteiger partial charge in [-0.1, -0.05) is 6.07 Å². The summed E-state index contributed by atoms with van der Waals surface area (Å²) in [5.74, 6) is 0.298. The molecule has 0 saturated carbocycles. The van der Waals surface area contributed by atoms with E-state index in [9.17, 15) is 5.11 Å². The van der Waals surface area contributed by atoms with Gasteiger partial charge in [-0.3, -0.25) is 0 Å². The number of phenols is 1. The lowest BCUT2D eigenvalue weighted by Gasteiger charge is -2.24. The zero-order chi connectivity index (χ0) is 9.80. The topological polar surface area (TPSA) is 41.5 Å². The van der Waals surface area contributed by atoms with Crippen LogP contribution in [0.3, 0.4) is 0 Å². The molecule has 1 aliphatic rings. The molecule has 0 bridgehead atoms. The third-order valence-corrected chi connectivity index (χ3v) is 2.38. The summed E-state index contributed by atoms with van der Waals surface area (Å²) in [6.45, 7) is 1.63. The van der Waals surface area contributed by atoms with Crippen LogP contribution in [0.5, 0.6) is 5.75 Å². The van der Waals surface area contributed by atoms with E-state index in [-0.39, 0.29) is 0 Å². The average molecular weight is 193 g/mol. The van der Waals surface area contributed by atoms with Crippen LogP contribution in [0.15, 0.2) is 24.3 Å². The maximum atomic E-state index is 9.27. The summed E-state index contributed by atoms with van der Waals surface area (Å²) in [4.78, 5) is 0. The van der Waals surface area contributed by atoms with Gasteiger partial charge in [0.05, 0.1) is 6.61 Å². The molecule has 0 amide bonds. The summed E-state index contributed by atoms with van der Waals surface area (Å²) in [6, 6.07) is 7.57. The molecular formula is C11H15NO2. The van der Waals surface area contributed by atoms with Crippen LogP contribution in [0.1, 0.15) is 12.8 Å². The number of ether oxygens (including phenoxy) is 1. The molecule has 1 aliphatic heterocycles. The van der Waals surface area contributed by atoms with Crippen molar-refractivity contribution in [3.8, 4) is 5.75 Å². The Balaban J connectivity index is 1.95. The van der Waals surface area contributed by atoms with Crippen LogP contribution in [-0.4, -0.2) is 24.4 Å². The van der Waals surface area contributed by atoms with E-state index >= 15 is 0 Å². The molecule has 3 heteroatoms. The fraction of sp³-hybridized carbons (Fsp3) is 0.455. The van der Waals surface area contributed by atoms with Gasteiger partial charge < -0.3 is 15.2 Å². The second-order valence-electron chi connectivity index (χ2n) is 3.61. The van der Waals surface area contributed by atoms with Gasteiger partial charge in [-0.05, 0) is 25.0 Å². The number of anilines is 1. The van der Waals surface area contributed by atoms with Gasteiger partial charge in [-0.25, -0.2) is 0 Å². The van der Waals surface area contributed by atoms with Crippen LogP contribution in [0.2, 0.25) is 0 Å². The predicted molar refractivity (Wildman–Crippen MR) is 55.6 cm³/mol. The molecule has 2 N–H and O–H groups in total. The average Bonchev–Trinajstić information content (AvgIpc) is 2.19. The van der Waals surface area contributed by atoms with E-state index in [4.69, 9.17) is 4.74 Å². The van der Waals surface area contributed by atoms with Gasteiger partial charge in [0, 0.05) is 24.4 Å². The molecule has 1 saturated heterocycles. The van der Waals surface area contributed by atoms with Crippen LogP contribution in [0, 0.1) is 0 Å². The van der Waals surface area contributed by atoms with E-state index in [1.165, 1.54) is 0 Å². The smallest absolute Gasteiger partial charge is 0.117 e. The van der Waals surface area contributed by atoms with E-state index in [0.717, 1.165) is 31.7 Å². The highest BCUT2D eigenvalue weighted by Crippen LogP contribution is 2.18. The Kier molecular flexibility index (Phi) is 2.89. The third-order valence-electron chi connectivity index (χ3n) is 2.38. The number of benzene rings is 1. The van der Waals surface area contributed by atoms with Crippen LogP contribution < -0.4 is 5.32 Å². The first-order valence-electron chi connectivity index (χ1n) is 4.98. The third kappa shape index (κ3) is 2.39. The maximum Gasteiger partial charge on any atom is 0.117 e. The number of nitrogens with one attached hydrogen (secondary N) is 1. The first kappa shape index (κ1) is 9.34. The molecule has 3 nitrogen and oxygen atoms in total. The summed E-state index contributed by atoms with van der Waals surface area (Å²) < 4.78 is 5.36. The van der Waals surface area contributed by atoms with Gasteiger partial charge in [0.1, 0.15) is 5.75 Å². The van der Waals surface area contributed by atoms with Gasteiger partial charge >= 0.3 is 0 Å². The molecule has 14 heavy (non-hydrogen) atoms. The van der Waals surface area contributed by atoms with Gasteiger partial charge in [0.25, 0.3) is 0 Å². The van der Waals surface area contributed by atoms with Crippen LogP contribution >= 0.6 is 0 Å². The summed E-state index contributed by atoms with van der Waals surface area (Å²) in [6.07, 6.45) is 2.24. The van der Waals surface area contributed by atoms with Crippen molar-refractivity contribution in [2.75, 3.05) is 18.5 Å². The van der Waals surface area contributed by atoms with Crippen molar-refractivity contribution < 1.29 is 9.84 Å². The predicted octanol–water partition coefficient (Wildman–Crippen LogP) is 1.98. The maximum absolute atomic E-state index is 9.27. The van der Waals surface area contributed by atoms with Crippen molar-refractivity contribution in [2.24, 2.45) is 0 Å². The van der Waals surface area contributed by atoms with Gasteiger partial charge in [-0.15, -0.1) is 0 Å². The van der Waals surface area contributed by atoms with Crippen LogP contribution in [0.4, 0.5) is 5.69 Å². The first-order valence-corrected chi connectivity index (χ1v) is 4.98. The summed E-state index contributed by atoms with van der Waals surface area (Å²) in [5, 5.41) is 12.6. The molecule has 1 aromatic rings. The molecule has 0 spiro atoms. The van der Waals surface area contributed by atoms with Gasteiger partial charge in [0.2, 0.25) is 0 Å². The second kappa shape index (κ2) is 4.33. The summed E-state index contributed by atoms with van der Waals surface area (Å²) in [5.41, 5.74) is 0.959. The minimum atomic E-state index is 0.298. The number of hydrogen-bond acceptors (Lipinski definition) is 3. The fourth-order valence-electron chi connectivity index (χ4n) is 1.69. The van der Waals surface area contributed by atoms with Crippen LogP contribution in [-0.2, 0) is 4.74 Å². The lowest BCUT2D eigenvalue weighted by Crippen LogP contribution is -2.29. The standard InChI is InChI=1S/C11H15NO2/c13-11-5-1-3-9(7-11)12-10-4-2-6-14-8-10/h1,3,5,7,10,12-13H,2,4,6,8H2. The van der Waals surface area contributed by atoms with E-state index in [1.807, 2.05) is 12.1 Å². The molecule has 0 radical (unpaired) electrons. The molecular weight excluding hydrogens is 178 g/mol. The quantitative estimate of drug-likeness (QED) is 0.754. The van der Waals surface area contributed by atoms with Crippen molar-refractivity contribution in [2.45, 2.75) is 18.9 Å². The minimum Gasteiger partial charge on any atom is -0.508 e. The Morgan fingerprint density at radius 1 is 1.43 bits per heavy atom. The van der Waals surface area contributed by atoms with Crippen molar-refractivity contribution in [1.29, 1.82) is 0 Å². The van der Waals surface area contributed by atoms with Crippen molar-refractivity contribution >= 4 is 5.69 Å². The first-order chi connectivity index (χ1) is 6.84. The van der Waals surface area contributed by atoms with E-state index in [1.54, 1.807) is 12.1 Å². The number of phenolic OH excluding ortho intramolecular Hbond substituents is 1. The Morgan fingerprint density at radius 3 is 3.07 bits per heavy atom. The molecule has 2 rings (SSSR count). The highest BCUT2D eigenvalue weighted by atomic mass is 16.5. The summed E-state index contributed by atoms with van der Waals surface area (Å²) in [7, 11) is 0. The monoisotopic (exact) mass is 193 g/mol. The molecule has 1 atom stereocenters. The lowest BCUT2D eigenvalue weighted by atomic mass is 10.1. The molecule has 1 unspecified atom stereocenters. The zero-order valence-corrected chi connectivity index (χ0v) is 8.07. The van der Waals surface area contributed by atoms with E-state index in [2.05, 4.69) is 5.32 Å². The SMILES string of the molecule is Oc1cccc(NC2CCCOC2)c1. The largest absolute Gasteiger partial charge is 0.508 e. The van der Waals surface area contributed by atoms with Crippen LogP contribution in [0.25, 0.3) is 0 Å². The molecule has 0 aromatic heterocycles. The van der Waals surface area contributed by atoms with Crippen molar-refractivity contribution in [1.82, 2.24) is 0 Å². The zero-order valence-electron chi connectivity index (χ0n) is 8.07. The Hall–Kier alpha value is -1.22. The molecule has 1 heterocycles. The highest BCUT2D eigenvalue weighted by molar-refractivity contribution is 5.48. The Labute approximate surface area is 83.7 Å². The number of aromatic hydroxyl groups is 1. The molecule has 0 aliphatic carbocycles. The van der Waals surface area contributed by atoms with Gasteiger partial charge in [0.15, 0.2) is 0 Å². The summed E-state index contributed by atoms with van der Waals surface area (Å²) >= 11 is 0. The van der Waals surface area contributed by atoms with E-state index < -0.39 is 0 Å². The molecule has 76 valence electrons. The fourth-order valence-corrected chi connectivity index (χ4v) is 1.69. The normalized spacial score (nSPS) is 21.9. The second-order valence-corrected chi connectivity index (χ2v) is 3.61. The number of hydrogen-bond donors (Lipinski definition) is 2. The molecule has 1 fully saturated rings. The molecule has 1 aromatic carbocycles. The van der Waals surface area contributed by atoms with Crippen molar-refractivity contribution in [3.63, 3.8) is 0 Å². The Morgan fingerprint density at radius 2 is 2.36 bits per heavy atom. The minimum absolute atomic E-state index is 0.298. The van der Waals surface area contributed by atoms with E-state index in [0.29, 0.717) is 11.8 Å². The van der Waals surface area contributed by atoms with Gasteiger partial charge in [-0.2, -0.15) is 0 Å². The van der Waals surface area contributed by atoms with Crippen molar-refractivity contribution in [3.05, 3.63) is 24.3 Å².